The van der Waals surface area contributed by atoms with Crippen LogP contribution in [0.3, 0.4) is 0 Å². The molecule has 2 aromatic heterocycles. The molecule has 1 aliphatic carbocycles. The number of nitrogens with two attached hydrogens (primary N) is 1. The van der Waals surface area contributed by atoms with Crippen LogP contribution in [0.2, 0.25) is 0 Å². The fourth-order valence-electron chi connectivity index (χ4n) is 3.37. The van der Waals surface area contributed by atoms with Gasteiger partial charge in [0, 0.05) is 35.2 Å². The van der Waals surface area contributed by atoms with Crippen molar-refractivity contribution in [3.63, 3.8) is 0 Å². The molecule has 3 N–H and O–H groups in total. The third-order valence-corrected chi connectivity index (χ3v) is 5.21. The van der Waals surface area contributed by atoms with E-state index in [2.05, 4.69) is 27.4 Å². The number of nitrogens with zero attached hydrogens (tertiary/aromatic N) is 3. The Morgan fingerprint density at radius 2 is 2.11 bits per heavy atom. The SMILES string of the molecule is Cc1ccncc1-c1cc2cc(NC(=O)C3CC3C#N)ncc2c(N)c1C. The second-order valence-corrected chi connectivity index (χ2v) is 7.01. The van der Waals surface area contributed by atoms with Gasteiger partial charge in [-0.15, -0.1) is 0 Å². The zero-order valence-corrected chi connectivity index (χ0v) is 15.2. The predicted octanol–water partition coefficient (Wildman–Crippen LogP) is 3.59. The highest BCUT2D eigenvalue weighted by atomic mass is 16.2. The van der Waals surface area contributed by atoms with Crippen molar-refractivity contribution in [3.05, 3.63) is 47.9 Å². The van der Waals surface area contributed by atoms with Gasteiger partial charge in [0.2, 0.25) is 5.91 Å². The minimum atomic E-state index is -0.232. The summed E-state index contributed by atoms with van der Waals surface area (Å²) < 4.78 is 0. The van der Waals surface area contributed by atoms with E-state index in [0.29, 0.717) is 17.9 Å². The molecule has 0 spiro atoms. The summed E-state index contributed by atoms with van der Waals surface area (Å²) in [6, 6.07) is 7.97. The second-order valence-electron chi connectivity index (χ2n) is 7.01. The average molecular weight is 357 g/mol. The van der Waals surface area contributed by atoms with E-state index in [1.54, 1.807) is 12.4 Å². The summed E-state index contributed by atoms with van der Waals surface area (Å²) in [5.74, 6) is -0.0990. The summed E-state index contributed by atoms with van der Waals surface area (Å²) in [5.41, 5.74) is 11.2. The lowest BCUT2D eigenvalue weighted by molar-refractivity contribution is -0.117. The number of aromatic nitrogens is 2. The molecule has 2 unspecified atom stereocenters. The van der Waals surface area contributed by atoms with Crippen LogP contribution in [0.1, 0.15) is 17.5 Å². The van der Waals surface area contributed by atoms with Crippen molar-refractivity contribution in [2.24, 2.45) is 11.8 Å². The van der Waals surface area contributed by atoms with Crippen LogP contribution in [0.4, 0.5) is 11.5 Å². The van der Waals surface area contributed by atoms with E-state index in [-0.39, 0.29) is 17.7 Å². The Balaban J connectivity index is 1.75. The molecule has 3 aromatic rings. The topological polar surface area (TPSA) is 105 Å². The van der Waals surface area contributed by atoms with Crippen molar-refractivity contribution in [1.82, 2.24) is 9.97 Å². The van der Waals surface area contributed by atoms with Crippen LogP contribution >= 0.6 is 0 Å². The number of benzene rings is 1. The van der Waals surface area contributed by atoms with Gasteiger partial charge in [0.1, 0.15) is 5.82 Å². The lowest BCUT2D eigenvalue weighted by Crippen LogP contribution is -2.15. The number of nitrogen functional groups attached to an aromatic ring is 1. The van der Waals surface area contributed by atoms with Gasteiger partial charge < -0.3 is 11.1 Å². The number of amides is 1. The van der Waals surface area contributed by atoms with Crippen molar-refractivity contribution in [2.75, 3.05) is 11.1 Å². The molecule has 6 heteroatoms. The summed E-state index contributed by atoms with van der Waals surface area (Å²) in [7, 11) is 0. The number of hydrogen-bond donors (Lipinski definition) is 2. The molecule has 1 fully saturated rings. The fourth-order valence-corrected chi connectivity index (χ4v) is 3.37. The molecule has 1 aromatic carbocycles. The van der Waals surface area contributed by atoms with E-state index in [1.165, 1.54) is 0 Å². The summed E-state index contributed by atoms with van der Waals surface area (Å²) >= 11 is 0. The van der Waals surface area contributed by atoms with Gasteiger partial charge in [0.05, 0.1) is 17.9 Å². The Morgan fingerprint density at radius 1 is 1.30 bits per heavy atom. The molecule has 2 heterocycles. The van der Waals surface area contributed by atoms with Crippen LogP contribution < -0.4 is 11.1 Å². The van der Waals surface area contributed by atoms with Gasteiger partial charge in [-0.2, -0.15) is 5.26 Å². The van der Waals surface area contributed by atoms with E-state index in [0.717, 1.165) is 33.0 Å². The lowest BCUT2D eigenvalue weighted by atomic mass is 9.94. The number of rotatable bonds is 3. The first-order valence-corrected chi connectivity index (χ1v) is 8.80. The summed E-state index contributed by atoms with van der Waals surface area (Å²) in [5, 5.41) is 13.4. The molecule has 4 rings (SSSR count). The standard InChI is InChI=1S/C21H19N5O/c1-11-3-4-24-9-17(11)15-5-13-7-19(25-10-18(13)20(23)12(15)2)26-21(27)16-6-14(16)8-22/h3-5,7,9-10,14,16H,6,23H2,1-2H3,(H,25,26,27). The second kappa shape index (κ2) is 6.36. The Bertz CT molecular complexity index is 1120. The predicted molar refractivity (Wildman–Crippen MR) is 105 cm³/mol. The lowest BCUT2D eigenvalue weighted by Gasteiger charge is -2.14. The molecule has 0 radical (unpaired) electrons. The highest BCUT2D eigenvalue weighted by Crippen LogP contribution is 2.39. The van der Waals surface area contributed by atoms with Gasteiger partial charge in [0.15, 0.2) is 0 Å². The van der Waals surface area contributed by atoms with Crippen LogP contribution in [0.25, 0.3) is 21.9 Å². The monoisotopic (exact) mass is 357 g/mol. The van der Waals surface area contributed by atoms with Crippen molar-refractivity contribution in [2.45, 2.75) is 20.3 Å². The zero-order chi connectivity index (χ0) is 19.1. The first-order chi connectivity index (χ1) is 13.0. The van der Waals surface area contributed by atoms with Crippen LogP contribution in [0, 0.1) is 37.0 Å². The minimum Gasteiger partial charge on any atom is -0.398 e. The smallest absolute Gasteiger partial charge is 0.230 e. The largest absolute Gasteiger partial charge is 0.398 e. The zero-order valence-electron chi connectivity index (χ0n) is 15.2. The van der Waals surface area contributed by atoms with Gasteiger partial charge in [-0.3, -0.25) is 9.78 Å². The number of carbonyl (C=O) groups excluding carboxylic acids is 1. The van der Waals surface area contributed by atoms with Crippen molar-refractivity contribution >= 4 is 28.2 Å². The number of fused-ring (bicyclic) bond motifs is 1. The summed E-state index contributed by atoms with van der Waals surface area (Å²) in [6.07, 6.45) is 5.90. The van der Waals surface area contributed by atoms with E-state index in [1.807, 2.05) is 32.2 Å². The molecule has 2 atom stereocenters. The van der Waals surface area contributed by atoms with Crippen LogP contribution in [0.15, 0.2) is 36.8 Å². The number of nitriles is 1. The number of anilines is 2. The number of carbonyl (C=O) groups is 1. The fraction of sp³-hybridized carbons (Fsp3) is 0.238. The van der Waals surface area contributed by atoms with E-state index in [9.17, 15) is 4.79 Å². The van der Waals surface area contributed by atoms with Gasteiger partial charge in [-0.25, -0.2) is 4.98 Å². The van der Waals surface area contributed by atoms with Gasteiger partial charge in [0.25, 0.3) is 0 Å². The first kappa shape index (κ1) is 17.0. The number of hydrogen-bond acceptors (Lipinski definition) is 5. The highest BCUT2D eigenvalue weighted by molar-refractivity contribution is 6.01. The van der Waals surface area contributed by atoms with Crippen LogP contribution in [-0.2, 0) is 4.79 Å². The number of pyridine rings is 2. The molecule has 0 aliphatic heterocycles. The van der Waals surface area contributed by atoms with Crippen molar-refractivity contribution < 1.29 is 4.79 Å². The molecule has 134 valence electrons. The quantitative estimate of drug-likeness (QED) is 0.697. The minimum absolute atomic E-state index is 0.156. The average Bonchev–Trinajstić information content (AvgIpc) is 3.45. The molecular weight excluding hydrogens is 338 g/mol. The molecule has 27 heavy (non-hydrogen) atoms. The first-order valence-electron chi connectivity index (χ1n) is 8.80. The maximum atomic E-state index is 12.2. The van der Waals surface area contributed by atoms with Crippen molar-refractivity contribution in [3.8, 4) is 17.2 Å². The highest BCUT2D eigenvalue weighted by Gasteiger charge is 2.43. The molecule has 6 nitrogen and oxygen atoms in total. The molecule has 0 bridgehead atoms. The normalized spacial score (nSPS) is 18.1. The van der Waals surface area contributed by atoms with Crippen molar-refractivity contribution in [1.29, 1.82) is 5.26 Å². The van der Waals surface area contributed by atoms with Gasteiger partial charge >= 0.3 is 0 Å². The maximum absolute atomic E-state index is 12.2. The Kier molecular flexibility index (Phi) is 4.00. The van der Waals surface area contributed by atoms with Crippen LogP contribution in [0.5, 0.6) is 0 Å². The summed E-state index contributed by atoms with van der Waals surface area (Å²) in [4.78, 5) is 20.8. The third-order valence-electron chi connectivity index (χ3n) is 5.21. The van der Waals surface area contributed by atoms with Gasteiger partial charge in [-0.1, -0.05) is 0 Å². The summed E-state index contributed by atoms with van der Waals surface area (Å²) in [6.45, 7) is 4.03. The number of aryl methyl sites for hydroxylation is 1. The van der Waals surface area contributed by atoms with Crippen LogP contribution in [-0.4, -0.2) is 15.9 Å². The van der Waals surface area contributed by atoms with E-state index < -0.39 is 0 Å². The third kappa shape index (κ3) is 2.97. The molecule has 1 saturated carbocycles. The molecule has 1 amide bonds. The Hall–Kier alpha value is -3.46. The van der Waals surface area contributed by atoms with E-state index in [4.69, 9.17) is 11.0 Å². The molecular formula is C21H19N5O. The Morgan fingerprint density at radius 3 is 2.81 bits per heavy atom. The molecule has 1 aliphatic rings. The van der Waals surface area contributed by atoms with E-state index >= 15 is 0 Å². The van der Waals surface area contributed by atoms with Gasteiger partial charge in [-0.05, 0) is 60.5 Å². The maximum Gasteiger partial charge on any atom is 0.230 e. The molecule has 0 saturated heterocycles. The number of nitrogens with one attached hydrogen (secondary N) is 1. The Labute approximate surface area is 157 Å².